The molecule has 4 nitrogen and oxygen atoms in total. The molecule has 2 aliphatic heterocycles. The van der Waals surface area contributed by atoms with Crippen molar-refractivity contribution in [2.45, 2.75) is 45.2 Å². The summed E-state index contributed by atoms with van der Waals surface area (Å²) in [6.07, 6.45) is 3.09. The highest BCUT2D eigenvalue weighted by atomic mass is 16.2. The van der Waals surface area contributed by atoms with Crippen LogP contribution in [0.15, 0.2) is 24.3 Å². The summed E-state index contributed by atoms with van der Waals surface area (Å²) in [6, 6.07) is 8.74. The third-order valence-corrected chi connectivity index (χ3v) is 6.41. The average Bonchev–Trinajstić information content (AvgIpc) is 3.15. The zero-order chi connectivity index (χ0) is 17.1. The number of aromatic nitrogens is 1. The largest absolute Gasteiger partial charge is 0.340 e. The van der Waals surface area contributed by atoms with Gasteiger partial charge < -0.3 is 15.2 Å². The maximum atomic E-state index is 12.6. The Balaban J connectivity index is 0.000000704. The standard InChI is InChI=1S/C19H22N2O.CH5N/c1-12-9-14-10-17(22)21-8-7-20-16-6-4-3-5-15(16)13(2)18(20)19(14,21)11-12;1-2/h3-6,12,14H,7-11H2,1-2H3;2H2,1H3. The zero-order valence-corrected chi connectivity index (χ0v) is 14.9. The molecule has 1 spiro atoms. The van der Waals surface area contributed by atoms with Gasteiger partial charge in [0.1, 0.15) is 0 Å². The quantitative estimate of drug-likeness (QED) is 0.809. The lowest BCUT2D eigenvalue weighted by atomic mass is 9.81. The summed E-state index contributed by atoms with van der Waals surface area (Å²) < 4.78 is 2.52. The monoisotopic (exact) mass is 325 g/mol. The Hall–Kier alpha value is -1.81. The van der Waals surface area contributed by atoms with Gasteiger partial charge in [0.05, 0.1) is 5.54 Å². The number of carbonyl (C=O) groups is 1. The normalized spacial score (nSPS) is 30.7. The Morgan fingerprint density at radius 3 is 2.75 bits per heavy atom. The number of benzene rings is 1. The molecule has 5 rings (SSSR count). The first kappa shape index (κ1) is 15.7. The lowest BCUT2D eigenvalue weighted by molar-refractivity contribution is -0.133. The van der Waals surface area contributed by atoms with Crippen LogP contribution in [-0.2, 0) is 16.9 Å². The minimum Gasteiger partial charge on any atom is -0.340 e. The molecule has 2 fully saturated rings. The summed E-state index contributed by atoms with van der Waals surface area (Å²) in [6.45, 7) is 6.44. The van der Waals surface area contributed by atoms with Gasteiger partial charge in [-0.15, -0.1) is 0 Å². The van der Waals surface area contributed by atoms with E-state index in [1.807, 2.05) is 0 Å². The maximum absolute atomic E-state index is 12.6. The van der Waals surface area contributed by atoms with E-state index in [2.05, 4.69) is 53.3 Å². The van der Waals surface area contributed by atoms with Gasteiger partial charge in [-0.05, 0) is 50.3 Å². The van der Waals surface area contributed by atoms with Crippen LogP contribution in [0.4, 0.5) is 0 Å². The van der Waals surface area contributed by atoms with Gasteiger partial charge in [-0.3, -0.25) is 4.79 Å². The third-order valence-electron chi connectivity index (χ3n) is 6.41. The van der Waals surface area contributed by atoms with E-state index in [4.69, 9.17) is 0 Å². The fraction of sp³-hybridized carbons (Fsp3) is 0.550. The molecule has 24 heavy (non-hydrogen) atoms. The second kappa shape index (κ2) is 5.35. The van der Waals surface area contributed by atoms with Gasteiger partial charge in [-0.25, -0.2) is 0 Å². The predicted molar refractivity (Wildman–Crippen MR) is 96.7 cm³/mol. The van der Waals surface area contributed by atoms with Crippen molar-refractivity contribution in [3.63, 3.8) is 0 Å². The molecule has 3 heterocycles. The molecule has 2 aromatic rings. The van der Waals surface area contributed by atoms with Crippen molar-refractivity contribution >= 4 is 16.8 Å². The number of rotatable bonds is 0. The van der Waals surface area contributed by atoms with E-state index in [9.17, 15) is 4.79 Å². The van der Waals surface area contributed by atoms with Gasteiger partial charge in [0.2, 0.25) is 5.91 Å². The molecule has 1 aromatic carbocycles. The van der Waals surface area contributed by atoms with Crippen LogP contribution < -0.4 is 5.73 Å². The topological polar surface area (TPSA) is 51.3 Å². The fourth-order valence-corrected chi connectivity index (χ4v) is 5.80. The molecule has 4 heteroatoms. The zero-order valence-electron chi connectivity index (χ0n) is 14.9. The highest BCUT2D eigenvalue weighted by Gasteiger charge is 2.60. The van der Waals surface area contributed by atoms with Crippen molar-refractivity contribution in [2.75, 3.05) is 13.6 Å². The molecule has 0 bridgehead atoms. The lowest BCUT2D eigenvalue weighted by Gasteiger charge is -2.44. The van der Waals surface area contributed by atoms with E-state index < -0.39 is 0 Å². The van der Waals surface area contributed by atoms with Gasteiger partial charge >= 0.3 is 0 Å². The Labute approximate surface area is 143 Å². The van der Waals surface area contributed by atoms with Gasteiger partial charge in [0.15, 0.2) is 0 Å². The van der Waals surface area contributed by atoms with Crippen LogP contribution in [-0.4, -0.2) is 29.0 Å². The number of nitrogens with zero attached hydrogens (tertiary/aromatic N) is 2. The molecular formula is C20H27N3O. The molecular weight excluding hydrogens is 298 g/mol. The lowest BCUT2D eigenvalue weighted by Crippen LogP contribution is -2.51. The molecule has 1 amide bonds. The highest BCUT2D eigenvalue weighted by Crippen LogP contribution is 2.58. The van der Waals surface area contributed by atoms with Crippen molar-refractivity contribution < 1.29 is 4.79 Å². The van der Waals surface area contributed by atoms with Crippen LogP contribution in [0.25, 0.3) is 10.9 Å². The molecule has 3 aliphatic rings. The van der Waals surface area contributed by atoms with Crippen molar-refractivity contribution in [1.29, 1.82) is 0 Å². The van der Waals surface area contributed by atoms with Crippen LogP contribution in [0, 0.1) is 18.8 Å². The Morgan fingerprint density at radius 1 is 1.21 bits per heavy atom. The number of nitrogens with two attached hydrogens (primary N) is 1. The molecule has 128 valence electrons. The van der Waals surface area contributed by atoms with Gasteiger partial charge in [0.25, 0.3) is 0 Å². The van der Waals surface area contributed by atoms with Gasteiger partial charge in [0, 0.05) is 36.1 Å². The van der Waals surface area contributed by atoms with E-state index in [0.29, 0.717) is 17.7 Å². The highest BCUT2D eigenvalue weighted by molar-refractivity contribution is 5.88. The van der Waals surface area contributed by atoms with Crippen LogP contribution in [0.2, 0.25) is 0 Å². The summed E-state index contributed by atoms with van der Waals surface area (Å²) in [4.78, 5) is 14.8. The number of aryl methyl sites for hydroxylation is 1. The molecule has 1 aliphatic carbocycles. The van der Waals surface area contributed by atoms with Gasteiger partial charge in [-0.1, -0.05) is 25.1 Å². The molecule has 3 unspecified atom stereocenters. The molecule has 2 N–H and O–H groups in total. The second-order valence-electron chi connectivity index (χ2n) is 7.56. The number of carbonyl (C=O) groups excluding carboxylic acids is 1. The number of fused-ring (bicyclic) bond motifs is 3. The van der Waals surface area contributed by atoms with Crippen molar-refractivity contribution in [3.05, 3.63) is 35.5 Å². The first-order chi connectivity index (χ1) is 11.6. The minimum atomic E-state index is -0.0160. The summed E-state index contributed by atoms with van der Waals surface area (Å²) in [5.74, 6) is 1.61. The van der Waals surface area contributed by atoms with Crippen LogP contribution >= 0.6 is 0 Å². The predicted octanol–water partition coefficient (Wildman–Crippen LogP) is 3.01. The molecule has 1 saturated carbocycles. The van der Waals surface area contributed by atoms with Crippen LogP contribution in [0.1, 0.15) is 37.4 Å². The smallest absolute Gasteiger partial charge is 0.223 e. The number of para-hydroxylation sites is 1. The summed E-state index contributed by atoms with van der Waals surface area (Å²) in [5, 5.41) is 1.37. The first-order valence-electron chi connectivity index (χ1n) is 9.09. The minimum absolute atomic E-state index is 0.0160. The SMILES string of the molecule is CN.Cc1c2n(c3ccccc13)CCN1C(=O)CC3CC(C)CC231. The molecule has 1 aromatic heterocycles. The second-order valence-corrected chi connectivity index (χ2v) is 7.56. The number of amides is 1. The van der Waals surface area contributed by atoms with Crippen LogP contribution in [0.5, 0.6) is 0 Å². The fourth-order valence-electron chi connectivity index (χ4n) is 5.80. The Kier molecular flexibility index (Phi) is 3.50. The summed E-state index contributed by atoms with van der Waals surface area (Å²) in [7, 11) is 1.50. The van der Waals surface area contributed by atoms with E-state index in [0.717, 1.165) is 25.9 Å². The van der Waals surface area contributed by atoms with Crippen molar-refractivity contribution in [1.82, 2.24) is 9.47 Å². The van der Waals surface area contributed by atoms with E-state index in [1.165, 1.54) is 35.6 Å². The van der Waals surface area contributed by atoms with Crippen molar-refractivity contribution in [3.8, 4) is 0 Å². The third kappa shape index (κ3) is 1.75. The van der Waals surface area contributed by atoms with Gasteiger partial charge in [-0.2, -0.15) is 0 Å². The molecule has 3 atom stereocenters. The van der Waals surface area contributed by atoms with Crippen LogP contribution in [0.3, 0.4) is 0 Å². The summed E-state index contributed by atoms with van der Waals surface area (Å²) >= 11 is 0. The van der Waals surface area contributed by atoms with E-state index >= 15 is 0 Å². The average molecular weight is 325 g/mol. The van der Waals surface area contributed by atoms with Crippen molar-refractivity contribution in [2.24, 2.45) is 17.6 Å². The molecule has 0 radical (unpaired) electrons. The Bertz CT molecular complexity index is 809. The number of hydrogen-bond donors (Lipinski definition) is 1. The first-order valence-corrected chi connectivity index (χ1v) is 9.09. The maximum Gasteiger partial charge on any atom is 0.223 e. The Morgan fingerprint density at radius 2 is 1.96 bits per heavy atom. The van der Waals surface area contributed by atoms with E-state index in [-0.39, 0.29) is 5.54 Å². The summed E-state index contributed by atoms with van der Waals surface area (Å²) in [5.41, 5.74) is 8.67. The van der Waals surface area contributed by atoms with E-state index in [1.54, 1.807) is 0 Å². The number of hydrogen-bond acceptors (Lipinski definition) is 2. The molecule has 1 saturated heterocycles.